The van der Waals surface area contributed by atoms with Gasteiger partial charge in [0.1, 0.15) is 0 Å². The highest BCUT2D eigenvalue weighted by Gasteiger charge is 2.29. The summed E-state index contributed by atoms with van der Waals surface area (Å²) in [7, 11) is 0. The molecular formula is C12H18N2OS. The zero-order chi connectivity index (χ0) is 11.7. The van der Waals surface area contributed by atoms with Crippen LogP contribution in [0.1, 0.15) is 27.9 Å². The molecule has 1 aromatic rings. The minimum absolute atomic E-state index is 0.168. The van der Waals surface area contributed by atoms with Crippen molar-refractivity contribution in [3.63, 3.8) is 0 Å². The van der Waals surface area contributed by atoms with Crippen LogP contribution in [-0.2, 0) is 0 Å². The minimum atomic E-state index is 0.168. The first-order chi connectivity index (χ1) is 7.58. The quantitative estimate of drug-likeness (QED) is 0.855. The van der Waals surface area contributed by atoms with Gasteiger partial charge in [0.15, 0.2) is 0 Å². The van der Waals surface area contributed by atoms with Crippen molar-refractivity contribution in [3.05, 3.63) is 21.9 Å². The van der Waals surface area contributed by atoms with Gasteiger partial charge in [-0.3, -0.25) is 4.79 Å². The molecule has 4 heteroatoms. The van der Waals surface area contributed by atoms with Gasteiger partial charge in [0.25, 0.3) is 5.91 Å². The summed E-state index contributed by atoms with van der Waals surface area (Å²) < 4.78 is 0. The molecule has 3 nitrogen and oxygen atoms in total. The molecule has 16 heavy (non-hydrogen) atoms. The third kappa shape index (κ3) is 2.28. The number of carbonyl (C=O) groups excluding carboxylic acids is 1. The summed E-state index contributed by atoms with van der Waals surface area (Å²) in [6.45, 7) is 5.71. The molecule has 2 N–H and O–H groups in total. The second-order valence-electron chi connectivity index (χ2n) is 4.57. The molecule has 0 aromatic carbocycles. The highest BCUT2D eigenvalue weighted by molar-refractivity contribution is 7.13. The number of carbonyl (C=O) groups is 1. The van der Waals surface area contributed by atoms with Gasteiger partial charge in [-0.2, -0.15) is 0 Å². The Kier molecular flexibility index (Phi) is 3.30. The van der Waals surface area contributed by atoms with Gasteiger partial charge in [0, 0.05) is 24.0 Å². The van der Waals surface area contributed by atoms with Crippen LogP contribution < -0.4 is 5.73 Å². The molecular weight excluding hydrogens is 220 g/mol. The third-order valence-corrected chi connectivity index (χ3v) is 4.20. The average molecular weight is 238 g/mol. The van der Waals surface area contributed by atoms with Crippen LogP contribution in [0, 0.1) is 12.8 Å². The van der Waals surface area contributed by atoms with Crippen molar-refractivity contribution in [2.45, 2.75) is 26.3 Å². The summed E-state index contributed by atoms with van der Waals surface area (Å²) in [5.74, 6) is 0.631. The molecule has 2 rings (SSSR count). The Morgan fingerprint density at radius 3 is 2.88 bits per heavy atom. The lowest BCUT2D eigenvalue weighted by Crippen LogP contribution is -2.32. The number of thiophene rings is 1. The third-order valence-electron chi connectivity index (χ3n) is 3.21. The smallest absolute Gasteiger partial charge is 0.263 e. The van der Waals surface area contributed by atoms with E-state index in [1.165, 1.54) is 4.88 Å². The van der Waals surface area contributed by atoms with Crippen molar-refractivity contribution in [3.8, 4) is 0 Å². The molecule has 1 fully saturated rings. The van der Waals surface area contributed by atoms with Gasteiger partial charge >= 0.3 is 0 Å². The Hall–Kier alpha value is -0.870. The van der Waals surface area contributed by atoms with Crippen molar-refractivity contribution in [1.29, 1.82) is 0 Å². The van der Waals surface area contributed by atoms with E-state index in [1.807, 2.05) is 30.9 Å². The van der Waals surface area contributed by atoms with E-state index >= 15 is 0 Å². The Morgan fingerprint density at radius 2 is 2.38 bits per heavy atom. The van der Waals surface area contributed by atoms with Gasteiger partial charge in [-0.1, -0.05) is 0 Å². The maximum atomic E-state index is 12.1. The number of hydrogen-bond donors (Lipinski definition) is 1. The van der Waals surface area contributed by atoms with Crippen LogP contribution in [0.2, 0.25) is 0 Å². The number of amides is 1. The van der Waals surface area contributed by atoms with E-state index in [-0.39, 0.29) is 11.9 Å². The number of aryl methyl sites for hydroxylation is 1. The Morgan fingerprint density at radius 1 is 1.62 bits per heavy atom. The van der Waals surface area contributed by atoms with Gasteiger partial charge < -0.3 is 10.6 Å². The molecule has 0 bridgehead atoms. The fraction of sp³-hybridized carbons (Fsp3) is 0.583. The second-order valence-corrected chi connectivity index (χ2v) is 5.86. The molecule has 2 atom stereocenters. The standard InChI is InChI=1S/C12H18N2OS/c1-8-3-4-11(16-8)12(15)14-6-5-10(7-14)9(2)13/h3-4,9-10H,5-7,13H2,1-2H3. The topological polar surface area (TPSA) is 46.3 Å². The van der Waals surface area contributed by atoms with Crippen LogP contribution in [0.4, 0.5) is 0 Å². The van der Waals surface area contributed by atoms with Crippen molar-refractivity contribution in [2.75, 3.05) is 13.1 Å². The van der Waals surface area contributed by atoms with E-state index in [0.29, 0.717) is 5.92 Å². The van der Waals surface area contributed by atoms with Gasteiger partial charge in [0.05, 0.1) is 4.88 Å². The van der Waals surface area contributed by atoms with Crippen LogP contribution in [0.3, 0.4) is 0 Å². The first kappa shape index (κ1) is 11.6. The molecule has 2 heterocycles. The number of nitrogens with zero attached hydrogens (tertiary/aromatic N) is 1. The predicted octanol–water partition coefficient (Wildman–Crippen LogP) is 1.87. The molecule has 0 aliphatic carbocycles. The molecule has 88 valence electrons. The SMILES string of the molecule is Cc1ccc(C(=O)N2CCC(C(C)N)C2)s1. The van der Waals surface area contributed by atoms with E-state index in [0.717, 1.165) is 24.4 Å². The van der Waals surface area contributed by atoms with Crippen molar-refractivity contribution < 1.29 is 4.79 Å². The summed E-state index contributed by atoms with van der Waals surface area (Å²) in [5.41, 5.74) is 5.87. The lowest BCUT2D eigenvalue weighted by atomic mass is 10.0. The Bertz CT molecular complexity index is 386. The Balaban J connectivity index is 2.02. The molecule has 2 unspecified atom stereocenters. The Labute approximate surface area is 100 Å². The van der Waals surface area contributed by atoms with Gasteiger partial charge in [-0.25, -0.2) is 0 Å². The van der Waals surface area contributed by atoms with Gasteiger partial charge in [-0.05, 0) is 38.3 Å². The predicted molar refractivity (Wildman–Crippen MR) is 66.7 cm³/mol. The van der Waals surface area contributed by atoms with Crippen molar-refractivity contribution in [1.82, 2.24) is 4.90 Å². The largest absolute Gasteiger partial charge is 0.338 e. The fourth-order valence-electron chi connectivity index (χ4n) is 2.11. The maximum absolute atomic E-state index is 12.1. The van der Waals surface area contributed by atoms with Crippen molar-refractivity contribution in [2.24, 2.45) is 11.7 Å². The zero-order valence-corrected chi connectivity index (χ0v) is 10.6. The lowest BCUT2D eigenvalue weighted by Gasteiger charge is -2.17. The number of hydrogen-bond acceptors (Lipinski definition) is 3. The lowest BCUT2D eigenvalue weighted by molar-refractivity contribution is 0.0791. The minimum Gasteiger partial charge on any atom is -0.338 e. The molecule has 1 aromatic heterocycles. The fourth-order valence-corrected chi connectivity index (χ4v) is 2.94. The highest BCUT2D eigenvalue weighted by Crippen LogP contribution is 2.23. The first-order valence-electron chi connectivity index (χ1n) is 5.69. The van der Waals surface area contributed by atoms with Crippen LogP contribution in [0.25, 0.3) is 0 Å². The summed E-state index contributed by atoms with van der Waals surface area (Å²) in [6, 6.07) is 4.10. The van der Waals surface area contributed by atoms with Crippen LogP contribution >= 0.6 is 11.3 Å². The molecule has 1 aliphatic heterocycles. The van der Waals surface area contributed by atoms with Crippen molar-refractivity contribution >= 4 is 17.2 Å². The molecule has 1 aliphatic rings. The molecule has 1 amide bonds. The zero-order valence-electron chi connectivity index (χ0n) is 9.77. The van der Waals surface area contributed by atoms with Crippen LogP contribution in [-0.4, -0.2) is 29.9 Å². The summed E-state index contributed by atoms with van der Waals surface area (Å²) in [4.78, 5) is 16.1. The number of nitrogens with two attached hydrogens (primary N) is 1. The summed E-state index contributed by atoms with van der Waals surface area (Å²) in [5, 5.41) is 0. The molecule has 0 spiro atoms. The van der Waals surface area contributed by atoms with E-state index in [9.17, 15) is 4.79 Å². The number of likely N-dealkylation sites (tertiary alicyclic amines) is 1. The van der Waals surface area contributed by atoms with Gasteiger partial charge in [0.2, 0.25) is 0 Å². The monoisotopic (exact) mass is 238 g/mol. The molecule has 0 saturated carbocycles. The first-order valence-corrected chi connectivity index (χ1v) is 6.51. The van der Waals surface area contributed by atoms with E-state index in [4.69, 9.17) is 5.73 Å². The van der Waals surface area contributed by atoms with Gasteiger partial charge in [-0.15, -0.1) is 11.3 Å². The summed E-state index contributed by atoms with van der Waals surface area (Å²) in [6.07, 6.45) is 1.04. The van der Waals surface area contributed by atoms with Crippen LogP contribution in [0.15, 0.2) is 12.1 Å². The molecule has 1 saturated heterocycles. The summed E-state index contributed by atoms with van der Waals surface area (Å²) >= 11 is 1.57. The second kappa shape index (κ2) is 4.55. The number of rotatable bonds is 2. The highest BCUT2D eigenvalue weighted by atomic mass is 32.1. The van der Waals surface area contributed by atoms with E-state index in [1.54, 1.807) is 11.3 Å². The van der Waals surface area contributed by atoms with E-state index in [2.05, 4.69) is 0 Å². The normalized spacial score (nSPS) is 22.4. The van der Waals surface area contributed by atoms with E-state index < -0.39 is 0 Å². The van der Waals surface area contributed by atoms with Crippen LogP contribution in [0.5, 0.6) is 0 Å². The maximum Gasteiger partial charge on any atom is 0.263 e. The molecule has 0 radical (unpaired) electrons. The average Bonchev–Trinajstić information content (AvgIpc) is 2.84.